The van der Waals surface area contributed by atoms with Crippen LogP contribution in [0.15, 0.2) is 41.3 Å². The van der Waals surface area contributed by atoms with E-state index >= 15 is 0 Å². The average Bonchev–Trinajstić information content (AvgIpc) is 2.46. The zero-order valence-corrected chi connectivity index (χ0v) is 12.8. The number of nitro groups is 1. The summed E-state index contributed by atoms with van der Waals surface area (Å²) in [5.41, 5.74) is 6.81. The first-order valence-corrected chi connectivity index (χ1v) is 7.37. The monoisotopic (exact) mass is 324 g/mol. The topological polar surface area (TPSA) is 78.4 Å². The van der Waals surface area contributed by atoms with Crippen molar-refractivity contribution in [2.24, 2.45) is 0 Å². The Labute approximate surface area is 131 Å². The van der Waals surface area contributed by atoms with Gasteiger partial charge < -0.3 is 10.5 Å². The van der Waals surface area contributed by atoms with Crippen LogP contribution in [0.4, 0.5) is 11.4 Å². The maximum absolute atomic E-state index is 11.0. The number of hydrogen-bond donors (Lipinski definition) is 1. The third-order valence-corrected chi connectivity index (χ3v) is 4.29. The smallest absolute Gasteiger partial charge is 0.274 e. The zero-order chi connectivity index (χ0) is 15.4. The van der Waals surface area contributed by atoms with E-state index in [-0.39, 0.29) is 5.69 Å². The fourth-order valence-electron chi connectivity index (χ4n) is 1.81. The number of anilines is 1. The van der Waals surface area contributed by atoms with Crippen LogP contribution >= 0.6 is 23.4 Å². The average molecular weight is 325 g/mol. The summed E-state index contributed by atoms with van der Waals surface area (Å²) in [6, 6.07) is 9.95. The Morgan fingerprint density at radius 3 is 2.81 bits per heavy atom. The van der Waals surface area contributed by atoms with Crippen LogP contribution in [-0.2, 0) is 5.75 Å². The largest absolute Gasteiger partial charge is 0.496 e. The Balaban J connectivity index is 2.27. The molecule has 0 saturated carbocycles. The number of hydrogen-bond acceptors (Lipinski definition) is 5. The lowest BCUT2D eigenvalue weighted by molar-refractivity contribution is -0.385. The molecule has 2 rings (SSSR count). The highest BCUT2D eigenvalue weighted by Crippen LogP contribution is 2.37. The van der Waals surface area contributed by atoms with Crippen molar-refractivity contribution in [2.75, 3.05) is 12.8 Å². The molecule has 0 spiro atoms. The normalized spacial score (nSPS) is 10.4. The Bertz CT molecular complexity index is 679. The second-order valence-electron chi connectivity index (χ2n) is 4.19. The van der Waals surface area contributed by atoms with E-state index in [1.807, 2.05) is 6.07 Å². The number of nitrogens with zero attached hydrogens (tertiary/aromatic N) is 1. The molecule has 0 atom stereocenters. The van der Waals surface area contributed by atoms with Gasteiger partial charge in [-0.15, -0.1) is 11.8 Å². The minimum absolute atomic E-state index is 0.0180. The molecule has 0 radical (unpaired) electrons. The molecular formula is C14H13ClN2O3S. The van der Waals surface area contributed by atoms with Crippen molar-refractivity contribution in [1.82, 2.24) is 0 Å². The van der Waals surface area contributed by atoms with Crippen molar-refractivity contribution in [3.8, 4) is 5.75 Å². The SMILES string of the molecule is COc1cc(N)ccc1SCc1c(Cl)cccc1[N+](=O)[O-]. The van der Waals surface area contributed by atoms with Gasteiger partial charge in [0.25, 0.3) is 5.69 Å². The molecule has 0 aliphatic heterocycles. The van der Waals surface area contributed by atoms with Crippen LogP contribution < -0.4 is 10.5 Å². The standard InChI is InChI=1S/C14H13ClN2O3S/c1-20-13-7-9(16)5-6-14(13)21-8-10-11(15)3-2-4-12(10)17(18)19/h2-7H,8,16H2,1H3. The first kappa shape index (κ1) is 15.5. The third-order valence-electron chi connectivity index (χ3n) is 2.85. The van der Waals surface area contributed by atoms with Crippen LogP contribution in [0.1, 0.15) is 5.56 Å². The molecule has 2 N–H and O–H groups in total. The summed E-state index contributed by atoms with van der Waals surface area (Å²) >= 11 is 7.48. The van der Waals surface area contributed by atoms with Gasteiger partial charge in [0.2, 0.25) is 0 Å². The lowest BCUT2D eigenvalue weighted by Gasteiger charge is -2.10. The molecule has 110 valence electrons. The predicted octanol–water partition coefficient (Wildman–Crippen LogP) is 4.13. The number of halogens is 1. The number of methoxy groups -OCH3 is 1. The van der Waals surface area contributed by atoms with Gasteiger partial charge in [-0.1, -0.05) is 17.7 Å². The van der Waals surface area contributed by atoms with Gasteiger partial charge in [-0.2, -0.15) is 0 Å². The molecule has 5 nitrogen and oxygen atoms in total. The van der Waals surface area contributed by atoms with Crippen LogP contribution in [0.3, 0.4) is 0 Å². The molecule has 0 bridgehead atoms. The molecule has 0 amide bonds. The van der Waals surface area contributed by atoms with E-state index in [2.05, 4.69) is 0 Å². The van der Waals surface area contributed by atoms with Gasteiger partial charge in [-0.25, -0.2) is 0 Å². The van der Waals surface area contributed by atoms with Gasteiger partial charge in [0.05, 0.1) is 22.6 Å². The van der Waals surface area contributed by atoms with Crippen molar-refractivity contribution in [3.63, 3.8) is 0 Å². The molecule has 2 aromatic rings. The second-order valence-corrected chi connectivity index (χ2v) is 5.62. The number of nitro benzene ring substituents is 1. The quantitative estimate of drug-likeness (QED) is 0.387. The van der Waals surface area contributed by atoms with E-state index in [1.165, 1.54) is 17.8 Å². The summed E-state index contributed by atoms with van der Waals surface area (Å²) in [7, 11) is 1.55. The van der Waals surface area contributed by atoms with Gasteiger partial charge in [0.1, 0.15) is 5.75 Å². The summed E-state index contributed by atoms with van der Waals surface area (Å²) in [6.45, 7) is 0. The van der Waals surface area contributed by atoms with Crippen LogP contribution in [0.2, 0.25) is 5.02 Å². The van der Waals surface area contributed by atoms with E-state index in [0.29, 0.717) is 27.8 Å². The van der Waals surface area contributed by atoms with E-state index in [9.17, 15) is 10.1 Å². The lowest BCUT2D eigenvalue weighted by Crippen LogP contribution is -1.95. The number of nitrogen functional groups attached to an aromatic ring is 1. The lowest BCUT2D eigenvalue weighted by atomic mass is 10.2. The number of nitrogens with two attached hydrogens (primary N) is 1. The van der Waals surface area contributed by atoms with Gasteiger partial charge in [-0.3, -0.25) is 10.1 Å². The van der Waals surface area contributed by atoms with Crippen LogP contribution in [0, 0.1) is 10.1 Å². The molecule has 0 saturated heterocycles. The van der Waals surface area contributed by atoms with Gasteiger partial charge in [0, 0.05) is 28.5 Å². The summed E-state index contributed by atoms with van der Waals surface area (Å²) < 4.78 is 5.25. The van der Waals surface area contributed by atoms with Crippen molar-refractivity contribution >= 4 is 34.7 Å². The summed E-state index contributed by atoms with van der Waals surface area (Å²) in [4.78, 5) is 11.5. The van der Waals surface area contributed by atoms with E-state index in [1.54, 1.807) is 31.4 Å². The fraction of sp³-hybridized carbons (Fsp3) is 0.143. The number of thioether (sulfide) groups is 1. The second kappa shape index (κ2) is 6.69. The molecule has 0 aliphatic carbocycles. The molecule has 0 unspecified atom stereocenters. The summed E-state index contributed by atoms with van der Waals surface area (Å²) in [6.07, 6.45) is 0. The Morgan fingerprint density at radius 2 is 2.14 bits per heavy atom. The molecule has 0 aliphatic rings. The number of ether oxygens (including phenoxy) is 1. The van der Waals surface area contributed by atoms with Gasteiger partial charge in [-0.05, 0) is 18.2 Å². The molecule has 0 heterocycles. The minimum atomic E-state index is -0.429. The van der Waals surface area contributed by atoms with Gasteiger partial charge >= 0.3 is 0 Å². The third kappa shape index (κ3) is 3.59. The number of benzene rings is 2. The fourth-order valence-corrected chi connectivity index (χ4v) is 3.18. The molecule has 2 aromatic carbocycles. The number of rotatable bonds is 5. The van der Waals surface area contributed by atoms with E-state index < -0.39 is 4.92 Å². The molecule has 0 fully saturated rings. The zero-order valence-electron chi connectivity index (χ0n) is 11.2. The van der Waals surface area contributed by atoms with Crippen molar-refractivity contribution in [1.29, 1.82) is 0 Å². The van der Waals surface area contributed by atoms with Crippen molar-refractivity contribution in [2.45, 2.75) is 10.6 Å². The molecule has 0 aromatic heterocycles. The first-order chi connectivity index (χ1) is 10.0. The van der Waals surface area contributed by atoms with Gasteiger partial charge in [0.15, 0.2) is 0 Å². The molecular weight excluding hydrogens is 312 g/mol. The Morgan fingerprint density at radius 1 is 1.38 bits per heavy atom. The summed E-state index contributed by atoms with van der Waals surface area (Å²) in [5, 5.41) is 11.4. The van der Waals surface area contributed by atoms with Crippen LogP contribution in [0.25, 0.3) is 0 Å². The highest BCUT2D eigenvalue weighted by atomic mass is 35.5. The Kier molecular flexibility index (Phi) is 4.93. The predicted molar refractivity (Wildman–Crippen MR) is 85.1 cm³/mol. The minimum Gasteiger partial charge on any atom is -0.496 e. The van der Waals surface area contributed by atoms with Crippen LogP contribution in [0.5, 0.6) is 5.75 Å². The maximum Gasteiger partial charge on any atom is 0.274 e. The Hall–Kier alpha value is -1.92. The highest BCUT2D eigenvalue weighted by Gasteiger charge is 2.17. The molecule has 21 heavy (non-hydrogen) atoms. The molecule has 7 heteroatoms. The first-order valence-electron chi connectivity index (χ1n) is 6.01. The highest BCUT2D eigenvalue weighted by molar-refractivity contribution is 7.98. The van der Waals surface area contributed by atoms with E-state index in [4.69, 9.17) is 22.1 Å². The van der Waals surface area contributed by atoms with Crippen molar-refractivity contribution < 1.29 is 9.66 Å². The van der Waals surface area contributed by atoms with Crippen LogP contribution in [-0.4, -0.2) is 12.0 Å². The van der Waals surface area contributed by atoms with E-state index in [0.717, 1.165) is 4.90 Å². The van der Waals surface area contributed by atoms with Crippen molar-refractivity contribution in [3.05, 3.63) is 57.1 Å². The maximum atomic E-state index is 11.0. The summed E-state index contributed by atoms with van der Waals surface area (Å²) in [5.74, 6) is 1.01.